The van der Waals surface area contributed by atoms with Gasteiger partial charge in [0, 0.05) is 24.0 Å². The van der Waals surface area contributed by atoms with Crippen molar-refractivity contribution in [2.75, 3.05) is 0 Å². The van der Waals surface area contributed by atoms with Gasteiger partial charge in [0.05, 0.1) is 18.8 Å². The largest absolute Gasteiger partial charge is 0.341 e. The van der Waals surface area contributed by atoms with Crippen LogP contribution in [-0.4, -0.2) is 29.7 Å². The van der Waals surface area contributed by atoms with Crippen LogP contribution in [-0.2, 0) is 13.6 Å². The molecule has 3 aromatic heterocycles. The van der Waals surface area contributed by atoms with Gasteiger partial charge in [-0.15, -0.1) is 0 Å². The molecule has 0 fully saturated rings. The molecule has 0 saturated carbocycles. The molecule has 0 amide bonds. The Morgan fingerprint density at radius 2 is 1.90 bits per heavy atom. The van der Waals surface area contributed by atoms with E-state index >= 15 is 0 Å². The van der Waals surface area contributed by atoms with Gasteiger partial charge in [-0.25, -0.2) is 4.98 Å². The summed E-state index contributed by atoms with van der Waals surface area (Å²) in [4.78, 5) is 30.0. The first-order valence-electron chi connectivity index (χ1n) is 9.52. The molecule has 4 aromatic rings. The number of aryl methyl sites for hydroxylation is 2. The molecule has 148 valence electrons. The minimum Gasteiger partial charge on any atom is -0.341 e. The first-order chi connectivity index (χ1) is 13.9. The van der Waals surface area contributed by atoms with Gasteiger partial charge in [-0.2, -0.15) is 5.10 Å². The lowest BCUT2D eigenvalue weighted by molar-refractivity contribution is 0.0970. The molecule has 1 atom stereocenters. The van der Waals surface area contributed by atoms with Gasteiger partial charge in [0.15, 0.2) is 11.4 Å². The normalized spacial score (nSPS) is 12.4. The van der Waals surface area contributed by atoms with Crippen LogP contribution in [0.2, 0.25) is 0 Å². The minimum atomic E-state index is -0.261. The van der Waals surface area contributed by atoms with E-state index in [4.69, 9.17) is 0 Å². The zero-order valence-electron chi connectivity index (χ0n) is 17.0. The number of hydrogen-bond acceptors (Lipinski definition) is 4. The number of fused-ring (bicyclic) bond motifs is 1. The van der Waals surface area contributed by atoms with E-state index in [2.05, 4.69) is 33.7 Å². The SMILES string of the molecule is Cc1cc(C(=O)Cn2cnc3c(cnn3C)c2=O)c(C)n1[C@H](C)c1ccccc1. The summed E-state index contributed by atoms with van der Waals surface area (Å²) in [6, 6.07) is 12.2. The summed E-state index contributed by atoms with van der Waals surface area (Å²) in [5, 5.41) is 4.47. The van der Waals surface area contributed by atoms with Crippen LogP contribution in [0.3, 0.4) is 0 Å². The number of aromatic nitrogens is 5. The maximum absolute atomic E-state index is 13.0. The molecular formula is C22H23N5O2. The van der Waals surface area contributed by atoms with Crippen LogP contribution >= 0.6 is 0 Å². The number of benzene rings is 1. The van der Waals surface area contributed by atoms with Gasteiger partial charge < -0.3 is 4.57 Å². The van der Waals surface area contributed by atoms with E-state index in [9.17, 15) is 9.59 Å². The molecule has 7 nitrogen and oxygen atoms in total. The summed E-state index contributed by atoms with van der Waals surface area (Å²) in [6.07, 6.45) is 2.90. The lowest BCUT2D eigenvalue weighted by Crippen LogP contribution is -2.25. The lowest BCUT2D eigenvalue weighted by Gasteiger charge is -2.19. The second-order valence-electron chi connectivity index (χ2n) is 7.35. The van der Waals surface area contributed by atoms with Crippen molar-refractivity contribution in [3.05, 3.63) is 81.8 Å². The summed E-state index contributed by atoms with van der Waals surface area (Å²) in [7, 11) is 1.73. The molecule has 7 heteroatoms. The molecule has 0 bridgehead atoms. The minimum absolute atomic E-state index is 0.0549. The van der Waals surface area contributed by atoms with Gasteiger partial charge in [-0.05, 0) is 32.4 Å². The number of hydrogen-bond donors (Lipinski definition) is 0. The molecule has 4 rings (SSSR count). The second-order valence-corrected chi connectivity index (χ2v) is 7.35. The average molecular weight is 389 g/mol. The zero-order valence-corrected chi connectivity index (χ0v) is 17.0. The van der Waals surface area contributed by atoms with E-state index < -0.39 is 0 Å². The number of rotatable bonds is 5. The van der Waals surface area contributed by atoms with E-state index in [0.717, 1.165) is 11.4 Å². The van der Waals surface area contributed by atoms with Crippen LogP contribution in [0.5, 0.6) is 0 Å². The second kappa shape index (κ2) is 7.16. The summed E-state index contributed by atoms with van der Waals surface area (Å²) < 4.78 is 5.05. The van der Waals surface area contributed by atoms with Gasteiger partial charge in [0.25, 0.3) is 5.56 Å². The molecule has 0 spiro atoms. The van der Waals surface area contributed by atoms with Gasteiger partial charge in [0.1, 0.15) is 11.7 Å². The van der Waals surface area contributed by atoms with Crippen molar-refractivity contribution in [3.63, 3.8) is 0 Å². The first kappa shape index (κ1) is 18.9. The number of Topliss-reactive ketones (excluding diaryl/α,β-unsaturated/α-hetero) is 1. The predicted molar refractivity (Wildman–Crippen MR) is 111 cm³/mol. The Hall–Kier alpha value is -3.48. The molecule has 29 heavy (non-hydrogen) atoms. The fourth-order valence-electron chi connectivity index (χ4n) is 3.96. The smallest absolute Gasteiger partial charge is 0.264 e. The van der Waals surface area contributed by atoms with Crippen molar-refractivity contribution in [1.82, 2.24) is 23.9 Å². The fraction of sp³-hybridized carbons (Fsp3) is 0.273. The number of nitrogens with zero attached hydrogens (tertiary/aromatic N) is 5. The molecule has 0 radical (unpaired) electrons. The third-order valence-corrected chi connectivity index (χ3v) is 5.49. The summed E-state index contributed by atoms with van der Waals surface area (Å²) >= 11 is 0. The Kier molecular flexibility index (Phi) is 4.66. The Morgan fingerprint density at radius 1 is 1.17 bits per heavy atom. The van der Waals surface area contributed by atoms with Crippen molar-refractivity contribution in [1.29, 1.82) is 0 Å². The number of carbonyl (C=O) groups excluding carboxylic acids is 1. The fourth-order valence-corrected chi connectivity index (χ4v) is 3.96. The monoisotopic (exact) mass is 389 g/mol. The van der Waals surface area contributed by atoms with Crippen molar-refractivity contribution in [3.8, 4) is 0 Å². The highest BCUT2D eigenvalue weighted by Gasteiger charge is 2.20. The molecule has 0 N–H and O–H groups in total. The third-order valence-electron chi connectivity index (χ3n) is 5.49. The average Bonchev–Trinajstić information content (AvgIpc) is 3.24. The van der Waals surface area contributed by atoms with E-state index in [0.29, 0.717) is 16.6 Å². The molecule has 1 aromatic carbocycles. The molecule has 0 saturated heterocycles. The summed E-state index contributed by atoms with van der Waals surface area (Å²) in [5.74, 6) is -0.114. The van der Waals surface area contributed by atoms with Gasteiger partial charge >= 0.3 is 0 Å². The Balaban J connectivity index is 1.67. The Bertz CT molecular complexity index is 1260. The first-order valence-corrected chi connectivity index (χ1v) is 9.52. The van der Waals surface area contributed by atoms with E-state index in [1.54, 1.807) is 11.7 Å². The topological polar surface area (TPSA) is 74.7 Å². The lowest BCUT2D eigenvalue weighted by atomic mass is 10.1. The number of carbonyl (C=O) groups is 1. The van der Waals surface area contributed by atoms with E-state index in [-0.39, 0.29) is 23.9 Å². The number of ketones is 1. The van der Waals surface area contributed by atoms with E-state index in [1.165, 1.54) is 22.7 Å². The van der Waals surface area contributed by atoms with E-state index in [1.807, 2.05) is 38.1 Å². The molecule has 0 aliphatic carbocycles. The third kappa shape index (κ3) is 3.18. The quantitative estimate of drug-likeness (QED) is 0.492. The molecular weight excluding hydrogens is 366 g/mol. The summed E-state index contributed by atoms with van der Waals surface area (Å²) in [6.45, 7) is 6.01. The maximum Gasteiger partial charge on any atom is 0.264 e. The summed E-state index contributed by atoms with van der Waals surface area (Å²) in [5.41, 5.74) is 3.96. The highest BCUT2D eigenvalue weighted by molar-refractivity contribution is 5.97. The maximum atomic E-state index is 13.0. The molecule has 0 aliphatic rings. The Morgan fingerprint density at radius 3 is 2.62 bits per heavy atom. The van der Waals surface area contributed by atoms with Gasteiger partial charge in [-0.3, -0.25) is 18.8 Å². The van der Waals surface area contributed by atoms with Crippen molar-refractivity contribution >= 4 is 16.8 Å². The zero-order chi connectivity index (χ0) is 20.7. The van der Waals surface area contributed by atoms with Crippen molar-refractivity contribution in [2.24, 2.45) is 7.05 Å². The highest BCUT2D eigenvalue weighted by Crippen LogP contribution is 2.26. The van der Waals surface area contributed by atoms with Crippen LogP contribution < -0.4 is 5.56 Å². The predicted octanol–water partition coefficient (Wildman–Crippen LogP) is 3.04. The van der Waals surface area contributed by atoms with Crippen molar-refractivity contribution < 1.29 is 4.79 Å². The van der Waals surface area contributed by atoms with Crippen LogP contribution in [0.15, 0.2) is 53.7 Å². The van der Waals surface area contributed by atoms with Crippen LogP contribution in [0.1, 0.15) is 40.3 Å². The van der Waals surface area contributed by atoms with Crippen LogP contribution in [0.25, 0.3) is 11.0 Å². The van der Waals surface area contributed by atoms with Gasteiger partial charge in [0.2, 0.25) is 0 Å². The molecule has 0 aliphatic heterocycles. The molecule has 3 heterocycles. The molecule has 0 unspecified atom stereocenters. The van der Waals surface area contributed by atoms with Crippen LogP contribution in [0, 0.1) is 13.8 Å². The standard InChI is InChI=1S/C22H23N5O2/c1-14-10-18(16(3)27(14)15(2)17-8-6-5-7-9-17)20(28)12-26-13-23-21-19(22(26)29)11-24-25(21)4/h5-11,13,15H,12H2,1-4H3/t15-/m1/s1. The van der Waals surface area contributed by atoms with Gasteiger partial charge in [-0.1, -0.05) is 30.3 Å². The van der Waals surface area contributed by atoms with Crippen LogP contribution in [0.4, 0.5) is 0 Å². The van der Waals surface area contributed by atoms with Crippen molar-refractivity contribution in [2.45, 2.75) is 33.4 Å². The Labute approximate surface area is 168 Å². The highest BCUT2D eigenvalue weighted by atomic mass is 16.1.